The van der Waals surface area contributed by atoms with Gasteiger partial charge in [-0.1, -0.05) is 0 Å². The summed E-state index contributed by atoms with van der Waals surface area (Å²) in [6.45, 7) is 4.42. The van der Waals surface area contributed by atoms with Gasteiger partial charge < -0.3 is 24.2 Å². The molecule has 0 aliphatic carbocycles. The summed E-state index contributed by atoms with van der Waals surface area (Å²) in [6, 6.07) is 9.71. The quantitative estimate of drug-likeness (QED) is 0.309. The molecule has 11 nitrogen and oxygen atoms in total. The second kappa shape index (κ2) is 10.0. The van der Waals surface area contributed by atoms with E-state index in [1.165, 1.54) is 0 Å². The van der Waals surface area contributed by atoms with Gasteiger partial charge in [-0.2, -0.15) is 0 Å². The molecule has 3 aromatic heterocycles. The van der Waals surface area contributed by atoms with Crippen LogP contribution in [-0.2, 0) is 11.3 Å². The van der Waals surface area contributed by atoms with E-state index in [1.54, 1.807) is 30.7 Å². The van der Waals surface area contributed by atoms with Gasteiger partial charge in [0.15, 0.2) is 0 Å². The summed E-state index contributed by atoms with van der Waals surface area (Å²) in [6.07, 6.45) is 3.61. The summed E-state index contributed by atoms with van der Waals surface area (Å²) in [4.78, 5) is 30.5. The number of hydrogen-bond acceptors (Lipinski definition) is 9. The van der Waals surface area contributed by atoms with Crippen molar-refractivity contribution < 1.29 is 14.6 Å². The van der Waals surface area contributed by atoms with Crippen molar-refractivity contribution in [3.63, 3.8) is 0 Å². The van der Waals surface area contributed by atoms with Crippen LogP contribution in [0.4, 0.5) is 17.6 Å². The lowest BCUT2D eigenvalue weighted by Crippen LogP contribution is -2.45. The van der Waals surface area contributed by atoms with Gasteiger partial charge in [0.25, 0.3) is 0 Å². The standard InChI is InChI=1S/C26H28N8O3S/c1-31-7-9-32(10-8-31)21-15-22-20(14-18(21)24(35)36)29-26(30-25-27-5-6-33(25)11-12-37-2)34(22)17-3-4-19-23(13-17)38-16-28-19/h3-6,13-16H,7-12H2,1-2H3,(H,35,36)(H,27,29,30). The van der Waals surface area contributed by atoms with Crippen LogP contribution in [0.3, 0.4) is 0 Å². The molecular weight excluding hydrogens is 504 g/mol. The van der Waals surface area contributed by atoms with Crippen molar-refractivity contribution in [3.05, 3.63) is 53.8 Å². The number of nitrogens with one attached hydrogen (secondary N) is 1. The fourth-order valence-corrected chi connectivity index (χ4v) is 5.53. The lowest BCUT2D eigenvalue weighted by atomic mass is 10.1. The lowest BCUT2D eigenvalue weighted by molar-refractivity contribution is 0.0697. The monoisotopic (exact) mass is 532 g/mol. The minimum absolute atomic E-state index is 0.248. The van der Waals surface area contributed by atoms with Crippen molar-refractivity contribution >= 4 is 56.1 Å². The second-order valence-corrected chi connectivity index (χ2v) is 10.2. The van der Waals surface area contributed by atoms with Gasteiger partial charge in [-0.25, -0.2) is 19.7 Å². The number of hydrogen-bond donors (Lipinski definition) is 2. The summed E-state index contributed by atoms with van der Waals surface area (Å²) in [5.41, 5.74) is 6.00. The molecule has 1 fully saturated rings. The van der Waals surface area contributed by atoms with Gasteiger partial charge >= 0.3 is 5.97 Å². The molecule has 0 bridgehead atoms. The fraction of sp³-hybridized carbons (Fsp3) is 0.308. The number of carboxylic acid groups (broad SMARTS) is 1. The maximum absolute atomic E-state index is 12.3. The maximum atomic E-state index is 12.3. The van der Waals surface area contributed by atoms with Gasteiger partial charge in [-0.05, 0) is 37.4 Å². The van der Waals surface area contributed by atoms with Crippen molar-refractivity contribution in [3.8, 4) is 5.69 Å². The zero-order valence-electron chi connectivity index (χ0n) is 21.2. The molecule has 0 atom stereocenters. The van der Waals surface area contributed by atoms with E-state index in [2.05, 4.69) is 38.2 Å². The van der Waals surface area contributed by atoms with Crippen molar-refractivity contribution in [2.45, 2.75) is 6.54 Å². The molecule has 1 aliphatic rings. The van der Waals surface area contributed by atoms with Crippen molar-refractivity contribution in [2.75, 3.05) is 57.2 Å². The Balaban J connectivity index is 1.53. The topological polar surface area (TPSA) is 114 Å². The molecule has 4 heterocycles. The van der Waals surface area contributed by atoms with Crippen LogP contribution in [0.1, 0.15) is 10.4 Å². The average molecular weight is 533 g/mol. The number of benzene rings is 2. The van der Waals surface area contributed by atoms with Gasteiger partial charge in [-0.3, -0.25) is 9.88 Å². The SMILES string of the molecule is COCCn1ccnc1Nc1nc2cc(C(=O)O)c(N3CCN(C)CC3)cc2n1-c1ccc2ncsc2c1. The second-order valence-electron chi connectivity index (χ2n) is 9.29. The number of thiazole rings is 1. The van der Waals surface area contributed by atoms with E-state index >= 15 is 0 Å². The molecule has 2 N–H and O–H groups in total. The largest absolute Gasteiger partial charge is 0.478 e. The number of likely N-dealkylation sites (N-methyl/N-ethyl adjacent to an activating group) is 1. The van der Waals surface area contributed by atoms with Crippen LogP contribution in [0.15, 0.2) is 48.2 Å². The average Bonchev–Trinajstić information content (AvgIpc) is 3.65. The van der Waals surface area contributed by atoms with Gasteiger partial charge in [0, 0.05) is 52.2 Å². The number of fused-ring (bicyclic) bond motifs is 2. The van der Waals surface area contributed by atoms with Gasteiger partial charge in [0.05, 0.1) is 50.3 Å². The molecule has 38 heavy (non-hydrogen) atoms. The number of aromatic carboxylic acids is 1. The highest BCUT2D eigenvalue weighted by Gasteiger charge is 2.24. The Morgan fingerprint density at radius 1 is 1.11 bits per heavy atom. The Bertz CT molecular complexity index is 1620. The zero-order chi connectivity index (χ0) is 26.2. The van der Waals surface area contributed by atoms with Crippen LogP contribution in [-0.4, -0.2) is 87.0 Å². The van der Waals surface area contributed by atoms with Crippen molar-refractivity contribution in [2.24, 2.45) is 0 Å². The van der Waals surface area contributed by atoms with Crippen LogP contribution >= 0.6 is 11.3 Å². The van der Waals surface area contributed by atoms with Gasteiger partial charge in [0.2, 0.25) is 11.9 Å². The molecule has 6 rings (SSSR count). The first-order valence-corrected chi connectivity index (χ1v) is 13.2. The first kappa shape index (κ1) is 24.3. The highest BCUT2D eigenvalue weighted by atomic mass is 32.1. The molecule has 196 valence electrons. The molecule has 0 spiro atoms. The first-order chi connectivity index (χ1) is 18.5. The molecule has 0 radical (unpaired) electrons. The van der Waals surface area contributed by atoms with Crippen LogP contribution < -0.4 is 10.2 Å². The highest BCUT2D eigenvalue weighted by molar-refractivity contribution is 7.16. The fourth-order valence-electron chi connectivity index (χ4n) is 4.82. The molecule has 0 amide bonds. The Hall–Kier alpha value is -4.00. The third kappa shape index (κ3) is 4.46. The minimum Gasteiger partial charge on any atom is -0.478 e. The lowest BCUT2D eigenvalue weighted by Gasteiger charge is -2.34. The molecule has 2 aromatic carbocycles. The molecule has 1 aliphatic heterocycles. The maximum Gasteiger partial charge on any atom is 0.337 e. The Morgan fingerprint density at radius 2 is 1.95 bits per heavy atom. The number of ether oxygens (including phenoxy) is 1. The molecule has 0 unspecified atom stereocenters. The summed E-state index contributed by atoms with van der Waals surface area (Å²) < 4.78 is 10.3. The third-order valence-corrected chi connectivity index (χ3v) is 7.69. The zero-order valence-corrected chi connectivity index (χ0v) is 22.0. The van der Waals surface area contributed by atoms with Crippen molar-refractivity contribution in [1.29, 1.82) is 0 Å². The van der Waals surface area contributed by atoms with Crippen LogP contribution in [0.2, 0.25) is 0 Å². The number of carboxylic acids is 1. The number of methoxy groups -OCH3 is 1. The van der Waals surface area contributed by atoms with Gasteiger partial charge in [-0.15, -0.1) is 11.3 Å². The van der Waals surface area contributed by atoms with E-state index in [0.29, 0.717) is 36.3 Å². The van der Waals surface area contributed by atoms with Gasteiger partial charge in [0.1, 0.15) is 0 Å². The Labute approximate surface area is 222 Å². The normalized spacial score (nSPS) is 14.5. The summed E-state index contributed by atoms with van der Waals surface area (Å²) in [7, 11) is 3.74. The number of imidazole rings is 2. The molecule has 5 aromatic rings. The minimum atomic E-state index is -0.967. The van der Waals surface area contributed by atoms with E-state index < -0.39 is 5.97 Å². The Morgan fingerprint density at radius 3 is 2.74 bits per heavy atom. The van der Waals surface area contributed by atoms with Crippen LogP contribution in [0, 0.1) is 0 Å². The number of nitrogens with zero attached hydrogens (tertiary/aromatic N) is 7. The molecule has 1 saturated heterocycles. The summed E-state index contributed by atoms with van der Waals surface area (Å²) in [5.74, 6) is 0.196. The molecule has 0 saturated carbocycles. The number of carbonyl (C=O) groups is 1. The number of aromatic nitrogens is 5. The Kier molecular flexibility index (Phi) is 6.44. The highest BCUT2D eigenvalue weighted by Crippen LogP contribution is 2.34. The predicted molar refractivity (Wildman–Crippen MR) is 148 cm³/mol. The third-order valence-electron chi connectivity index (χ3n) is 6.89. The van der Waals surface area contributed by atoms with Crippen LogP contribution in [0.25, 0.3) is 26.9 Å². The van der Waals surface area contributed by atoms with E-state index in [1.807, 2.05) is 39.0 Å². The smallest absolute Gasteiger partial charge is 0.337 e. The summed E-state index contributed by atoms with van der Waals surface area (Å²) in [5, 5.41) is 13.5. The number of anilines is 3. The van der Waals surface area contributed by atoms with Crippen LogP contribution in [0.5, 0.6) is 0 Å². The predicted octanol–water partition coefficient (Wildman–Crippen LogP) is 3.67. The van der Waals surface area contributed by atoms with E-state index in [4.69, 9.17) is 9.72 Å². The summed E-state index contributed by atoms with van der Waals surface area (Å²) >= 11 is 1.57. The van der Waals surface area contributed by atoms with E-state index in [0.717, 1.165) is 47.6 Å². The first-order valence-electron chi connectivity index (χ1n) is 12.4. The van der Waals surface area contributed by atoms with E-state index in [9.17, 15) is 9.90 Å². The number of piperazine rings is 1. The molecule has 12 heteroatoms. The van der Waals surface area contributed by atoms with Crippen molar-refractivity contribution in [1.82, 2.24) is 29.0 Å². The number of rotatable bonds is 8. The van der Waals surface area contributed by atoms with E-state index in [-0.39, 0.29) is 5.56 Å². The molecular formula is C26H28N8O3S.